The molecule has 0 saturated heterocycles. The van der Waals surface area contributed by atoms with E-state index in [1.165, 1.54) is 0 Å². The molecule has 6 heteroatoms. The van der Waals surface area contributed by atoms with Gasteiger partial charge < -0.3 is 9.47 Å². The maximum absolute atomic E-state index is 11.8. The van der Waals surface area contributed by atoms with E-state index in [0.29, 0.717) is 23.1 Å². The number of para-hydroxylation sites is 1. The third-order valence-corrected chi connectivity index (χ3v) is 3.99. The zero-order valence-corrected chi connectivity index (χ0v) is 15.3. The molecule has 0 heterocycles. The lowest BCUT2D eigenvalue weighted by Gasteiger charge is -2.09. The van der Waals surface area contributed by atoms with Crippen LogP contribution in [0.4, 0.5) is 0 Å². The number of hydrogen-bond donors (Lipinski definition) is 1. The van der Waals surface area contributed by atoms with Crippen LogP contribution in [-0.2, 0) is 4.79 Å². The number of aryl methyl sites for hydroxylation is 2. The number of ether oxygens (including phenoxy) is 2. The summed E-state index contributed by atoms with van der Waals surface area (Å²) in [6, 6.07) is 11.1. The first kappa shape index (κ1) is 18.8. The van der Waals surface area contributed by atoms with Crippen molar-refractivity contribution in [3.8, 4) is 11.5 Å². The van der Waals surface area contributed by atoms with Crippen LogP contribution < -0.4 is 14.9 Å². The van der Waals surface area contributed by atoms with E-state index in [1.54, 1.807) is 18.3 Å². The van der Waals surface area contributed by atoms with E-state index < -0.39 is 0 Å². The SMILES string of the molecule is CCOc1ccccc1/C=N\NC(=O)COc1cc(C)c(Cl)c(C)c1. The molecule has 0 aliphatic heterocycles. The van der Waals surface area contributed by atoms with Crippen LogP contribution in [0.3, 0.4) is 0 Å². The van der Waals surface area contributed by atoms with E-state index in [9.17, 15) is 4.79 Å². The standard InChI is InChI=1S/C19H21ClN2O3/c1-4-24-17-8-6-5-7-15(17)11-21-22-18(23)12-25-16-9-13(2)19(20)14(3)10-16/h5-11H,4,12H2,1-3H3,(H,22,23)/b21-11-. The first-order valence-corrected chi connectivity index (χ1v) is 8.32. The van der Waals surface area contributed by atoms with E-state index in [4.69, 9.17) is 21.1 Å². The minimum absolute atomic E-state index is 0.134. The summed E-state index contributed by atoms with van der Waals surface area (Å²) in [5.41, 5.74) is 5.03. The molecule has 0 aliphatic carbocycles. The van der Waals surface area contributed by atoms with Gasteiger partial charge in [-0.25, -0.2) is 5.43 Å². The van der Waals surface area contributed by atoms with Gasteiger partial charge in [-0.15, -0.1) is 0 Å². The summed E-state index contributed by atoms with van der Waals surface area (Å²) in [4.78, 5) is 11.8. The molecule has 2 aromatic rings. The summed E-state index contributed by atoms with van der Waals surface area (Å²) < 4.78 is 11.0. The van der Waals surface area contributed by atoms with Gasteiger partial charge in [0.1, 0.15) is 11.5 Å². The van der Waals surface area contributed by atoms with Crippen molar-refractivity contribution in [2.75, 3.05) is 13.2 Å². The molecule has 2 aromatic carbocycles. The summed E-state index contributed by atoms with van der Waals surface area (Å²) in [7, 11) is 0. The molecule has 1 amide bonds. The fourth-order valence-electron chi connectivity index (χ4n) is 2.22. The Balaban J connectivity index is 1.89. The molecule has 0 radical (unpaired) electrons. The predicted molar refractivity (Wildman–Crippen MR) is 99.8 cm³/mol. The van der Waals surface area contributed by atoms with Crippen LogP contribution in [0.2, 0.25) is 5.02 Å². The Morgan fingerprint density at radius 2 is 1.88 bits per heavy atom. The molecule has 0 aromatic heterocycles. The number of amides is 1. The maximum Gasteiger partial charge on any atom is 0.277 e. The topological polar surface area (TPSA) is 59.9 Å². The fourth-order valence-corrected chi connectivity index (χ4v) is 2.33. The molecule has 0 bridgehead atoms. The molecule has 0 spiro atoms. The lowest BCUT2D eigenvalue weighted by molar-refractivity contribution is -0.123. The molecular weight excluding hydrogens is 340 g/mol. The summed E-state index contributed by atoms with van der Waals surface area (Å²) in [6.07, 6.45) is 1.54. The zero-order valence-electron chi connectivity index (χ0n) is 14.5. The van der Waals surface area contributed by atoms with Crippen LogP contribution in [0.15, 0.2) is 41.5 Å². The van der Waals surface area contributed by atoms with Gasteiger partial charge in [-0.2, -0.15) is 5.10 Å². The Morgan fingerprint density at radius 3 is 2.56 bits per heavy atom. The van der Waals surface area contributed by atoms with Crippen LogP contribution in [-0.4, -0.2) is 25.3 Å². The summed E-state index contributed by atoms with van der Waals surface area (Å²) in [5.74, 6) is 0.960. The second kappa shape index (κ2) is 9.08. The quantitative estimate of drug-likeness (QED) is 0.602. The minimum atomic E-state index is -0.351. The summed E-state index contributed by atoms with van der Waals surface area (Å²) >= 11 is 6.11. The normalized spacial score (nSPS) is 10.7. The Hall–Kier alpha value is -2.53. The van der Waals surface area contributed by atoms with E-state index in [1.807, 2.05) is 45.0 Å². The molecule has 2 rings (SSSR count). The number of halogens is 1. The third kappa shape index (κ3) is 5.50. The maximum atomic E-state index is 11.8. The van der Waals surface area contributed by atoms with Crippen molar-refractivity contribution in [3.05, 3.63) is 58.1 Å². The Kier molecular flexibility index (Phi) is 6.83. The Labute approximate surface area is 152 Å². The van der Waals surface area contributed by atoms with Gasteiger partial charge in [-0.1, -0.05) is 23.7 Å². The second-order valence-corrected chi connectivity index (χ2v) is 5.80. The monoisotopic (exact) mass is 360 g/mol. The highest BCUT2D eigenvalue weighted by atomic mass is 35.5. The second-order valence-electron chi connectivity index (χ2n) is 5.42. The first-order valence-electron chi connectivity index (χ1n) is 7.94. The van der Waals surface area contributed by atoms with Crippen LogP contribution in [0.1, 0.15) is 23.6 Å². The van der Waals surface area contributed by atoms with Gasteiger partial charge in [0.05, 0.1) is 12.8 Å². The van der Waals surface area contributed by atoms with Crippen LogP contribution in [0, 0.1) is 13.8 Å². The zero-order chi connectivity index (χ0) is 18.2. The molecule has 0 unspecified atom stereocenters. The molecule has 1 N–H and O–H groups in total. The van der Waals surface area contributed by atoms with Gasteiger partial charge in [-0.3, -0.25) is 4.79 Å². The third-order valence-electron chi connectivity index (χ3n) is 3.39. The van der Waals surface area contributed by atoms with Gasteiger partial charge >= 0.3 is 0 Å². The largest absolute Gasteiger partial charge is 0.493 e. The summed E-state index contributed by atoms with van der Waals surface area (Å²) in [6.45, 7) is 6.12. The average Bonchev–Trinajstić information content (AvgIpc) is 2.59. The molecule has 25 heavy (non-hydrogen) atoms. The van der Waals surface area contributed by atoms with Gasteiger partial charge in [0.15, 0.2) is 6.61 Å². The van der Waals surface area contributed by atoms with E-state index in [2.05, 4.69) is 10.5 Å². The van der Waals surface area contributed by atoms with Gasteiger partial charge in [0, 0.05) is 10.6 Å². The number of hydrazone groups is 1. The van der Waals surface area contributed by atoms with E-state index in [-0.39, 0.29) is 12.5 Å². The molecule has 132 valence electrons. The highest BCUT2D eigenvalue weighted by Gasteiger charge is 2.06. The van der Waals surface area contributed by atoms with Crippen LogP contribution in [0.25, 0.3) is 0 Å². The number of nitrogens with one attached hydrogen (secondary N) is 1. The Morgan fingerprint density at radius 1 is 1.20 bits per heavy atom. The van der Waals surface area contributed by atoms with Gasteiger partial charge in [-0.05, 0) is 56.2 Å². The van der Waals surface area contributed by atoms with Gasteiger partial charge in [0.2, 0.25) is 0 Å². The number of hydrogen-bond acceptors (Lipinski definition) is 4. The fraction of sp³-hybridized carbons (Fsp3) is 0.263. The van der Waals surface area contributed by atoms with E-state index in [0.717, 1.165) is 16.7 Å². The van der Waals surface area contributed by atoms with Crippen LogP contribution >= 0.6 is 11.6 Å². The minimum Gasteiger partial charge on any atom is -0.493 e. The van der Waals surface area contributed by atoms with Crippen molar-refractivity contribution in [1.82, 2.24) is 5.43 Å². The van der Waals surface area contributed by atoms with Gasteiger partial charge in [0.25, 0.3) is 5.91 Å². The molecule has 0 atom stereocenters. The summed E-state index contributed by atoms with van der Waals surface area (Å²) in [5, 5.41) is 4.64. The Bertz CT molecular complexity index is 752. The van der Waals surface area contributed by atoms with Crippen molar-refractivity contribution < 1.29 is 14.3 Å². The molecule has 0 aliphatic rings. The number of benzene rings is 2. The number of rotatable bonds is 7. The van der Waals surface area contributed by atoms with Crippen molar-refractivity contribution in [2.24, 2.45) is 5.10 Å². The first-order chi connectivity index (χ1) is 12.0. The van der Waals surface area contributed by atoms with Crippen molar-refractivity contribution in [3.63, 3.8) is 0 Å². The smallest absolute Gasteiger partial charge is 0.277 e. The van der Waals surface area contributed by atoms with Crippen LogP contribution in [0.5, 0.6) is 11.5 Å². The van der Waals surface area contributed by atoms with Crippen molar-refractivity contribution in [1.29, 1.82) is 0 Å². The highest BCUT2D eigenvalue weighted by molar-refractivity contribution is 6.32. The average molecular weight is 361 g/mol. The molecular formula is C19H21ClN2O3. The number of carbonyl (C=O) groups is 1. The number of carbonyl (C=O) groups excluding carboxylic acids is 1. The lowest BCUT2D eigenvalue weighted by Crippen LogP contribution is -2.24. The molecule has 0 saturated carbocycles. The number of nitrogens with zero attached hydrogens (tertiary/aromatic N) is 1. The lowest BCUT2D eigenvalue weighted by atomic mass is 10.1. The molecule has 0 fully saturated rings. The predicted octanol–water partition coefficient (Wildman–Crippen LogP) is 3.88. The molecule has 5 nitrogen and oxygen atoms in total. The van der Waals surface area contributed by atoms with E-state index >= 15 is 0 Å². The van der Waals surface area contributed by atoms with Crippen molar-refractivity contribution >= 4 is 23.7 Å². The van der Waals surface area contributed by atoms with Crippen molar-refractivity contribution in [2.45, 2.75) is 20.8 Å². The highest BCUT2D eigenvalue weighted by Crippen LogP contribution is 2.25.